The molecule has 1 amide bonds. The lowest BCUT2D eigenvalue weighted by atomic mass is 10.1. The second-order valence-electron chi connectivity index (χ2n) is 5.27. The number of hydrogen-bond donors (Lipinski definition) is 2. The molecule has 1 aliphatic rings. The standard InChI is InChI=1S/C17H21NO3/c1-13-10-14(4-2-8-19)12-15(11-13)18-17(20)7-6-16-5-3-9-21-16/h10-12,16,19H,3,5-9H2,1H3,(H,18,20). The minimum atomic E-state index is -0.170. The van der Waals surface area contributed by atoms with E-state index in [9.17, 15) is 4.79 Å². The van der Waals surface area contributed by atoms with Crippen LogP contribution in [0.2, 0.25) is 0 Å². The second kappa shape index (κ2) is 7.82. The molecule has 0 spiro atoms. The van der Waals surface area contributed by atoms with E-state index in [1.54, 1.807) is 0 Å². The molecule has 0 aromatic heterocycles. The van der Waals surface area contributed by atoms with E-state index in [4.69, 9.17) is 9.84 Å². The summed E-state index contributed by atoms with van der Waals surface area (Å²) in [5.41, 5.74) is 2.56. The maximum atomic E-state index is 12.0. The highest BCUT2D eigenvalue weighted by molar-refractivity contribution is 5.91. The van der Waals surface area contributed by atoms with E-state index in [-0.39, 0.29) is 18.6 Å². The number of hydrogen-bond acceptors (Lipinski definition) is 3. The Morgan fingerprint density at radius 3 is 3.05 bits per heavy atom. The summed E-state index contributed by atoms with van der Waals surface area (Å²) in [5.74, 6) is 5.46. The number of rotatable bonds is 4. The Kier molecular flexibility index (Phi) is 5.79. The van der Waals surface area contributed by atoms with Crippen LogP contribution in [0.3, 0.4) is 0 Å². The first kappa shape index (κ1) is 15.6. The Labute approximate surface area is 125 Å². The fourth-order valence-corrected chi connectivity index (χ4v) is 2.46. The van der Waals surface area contributed by atoms with Crippen molar-refractivity contribution >= 4 is 11.6 Å². The average molecular weight is 287 g/mol. The van der Waals surface area contributed by atoms with Gasteiger partial charge in [0.05, 0.1) is 6.10 Å². The number of amides is 1. The highest BCUT2D eigenvalue weighted by atomic mass is 16.5. The fourth-order valence-electron chi connectivity index (χ4n) is 2.46. The summed E-state index contributed by atoms with van der Waals surface area (Å²) in [6, 6.07) is 5.65. The predicted molar refractivity (Wildman–Crippen MR) is 82.0 cm³/mol. The van der Waals surface area contributed by atoms with Crippen LogP contribution in [0.1, 0.15) is 36.8 Å². The average Bonchev–Trinajstić information content (AvgIpc) is 2.95. The van der Waals surface area contributed by atoms with E-state index in [1.165, 1.54) is 0 Å². The van der Waals surface area contributed by atoms with E-state index < -0.39 is 0 Å². The van der Waals surface area contributed by atoms with Gasteiger partial charge >= 0.3 is 0 Å². The van der Waals surface area contributed by atoms with Crippen molar-refractivity contribution in [2.75, 3.05) is 18.5 Å². The summed E-state index contributed by atoms with van der Waals surface area (Å²) in [6.45, 7) is 2.60. The molecule has 21 heavy (non-hydrogen) atoms. The number of ether oxygens (including phenoxy) is 1. The molecule has 1 unspecified atom stereocenters. The molecule has 4 heteroatoms. The number of carbonyl (C=O) groups is 1. The molecule has 0 radical (unpaired) electrons. The number of aliphatic hydroxyl groups is 1. The van der Waals surface area contributed by atoms with Crippen LogP contribution in [-0.2, 0) is 9.53 Å². The third-order valence-electron chi connectivity index (χ3n) is 3.39. The van der Waals surface area contributed by atoms with Crippen molar-refractivity contribution < 1.29 is 14.6 Å². The van der Waals surface area contributed by atoms with Crippen LogP contribution in [0.5, 0.6) is 0 Å². The SMILES string of the molecule is Cc1cc(C#CCO)cc(NC(=O)CCC2CCCO2)c1. The molecule has 1 aromatic carbocycles. The van der Waals surface area contributed by atoms with Crippen molar-refractivity contribution in [1.29, 1.82) is 0 Å². The molecule has 1 atom stereocenters. The van der Waals surface area contributed by atoms with Gasteiger partial charge in [0.15, 0.2) is 0 Å². The summed E-state index contributed by atoms with van der Waals surface area (Å²) in [6.07, 6.45) is 3.63. The Morgan fingerprint density at radius 2 is 2.33 bits per heavy atom. The van der Waals surface area contributed by atoms with Crippen LogP contribution in [0.15, 0.2) is 18.2 Å². The zero-order chi connectivity index (χ0) is 15.1. The van der Waals surface area contributed by atoms with Crippen molar-refractivity contribution in [3.63, 3.8) is 0 Å². The van der Waals surface area contributed by atoms with Crippen LogP contribution >= 0.6 is 0 Å². The van der Waals surface area contributed by atoms with E-state index in [1.807, 2.05) is 25.1 Å². The van der Waals surface area contributed by atoms with E-state index in [0.717, 1.165) is 42.7 Å². The molecule has 0 aliphatic carbocycles. The van der Waals surface area contributed by atoms with Gasteiger partial charge in [-0.15, -0.1) is 0 Å². The minimum absolute atomic E-state index is 0.00262. The lowest BCUT2D eigenvalue weighted by Crippen LogP contribution is -2.15. The number of benzene rings is 1. The summed E-state index contributed by atoms with van der Waals surface area (Å²) < 4.78 is 5.51. The first-order valence-electron chi connectivity index (χ1n) is 7.30. The maximum absolute atomic E-state index is 12.0. The molecule has 1 saturated heterocycles. The minimum Gasteiger partial charge on any atom is -0.384 e. The van der Waals surface area contributed by atoms with E-state index >= 15 is 0 Å². The molecule has 1 heterocycles. The number of aryl methyl sites for hydroxylation is 1. The zero-order valence-corrected chi connectivity index (χ0v) is 12.3. The number of anilines is 1. The van der Waals surface area contributed by atoms with Gasteiger partial charge in [0, 0.05) is 24.3 Å². The fraction of sp³-hybridized carbons (Fsp3) is 0.471. The molecular formula is C17H21NO3. The quantitative estimate of drug-likeness (QED) is 0.835. The van der Waals surface area contributed by atoms with Gasteiger partial charge < -0.3 is 15.2 Å². The maximum Gasteiger partial charge on any atom is 0.224 e. The monoisotopic (exact) mass is 287 g/mol. The predicted octanol–water partition coefficient (Wildman–Crippen LogP) is 2.24. The van der Waals surface area contributed by atoms with Gasteiger partial charge in [0.1, 0.15) is 6.61 Å². The number of nitrogens with one attached hydrogen (secondary N) is 1. The van der Waals surface area contributed by atoms with Gasteiger partial charge in [-0.2, -0.15) is 0 Å². The van der Waals surface area contributed by atoms with Gasteiger partial charge in [-0.05, 0) is 49.9 Å². The Balaban J connectivity index is 1.91. The van der Waals surface area contributed by atoms with Crippen molar-refractivity contribution in [2.45, 2.75) is 38.7 Å². The molecule has 1 fully saturated rings. The Bertz CT molecular complexity index is 551. The first-order chi connectivity index (χ1) is 10.2. The number of aliphatic hydroxyl groups excluding tert-OH is 1. The summed E-state index contributed by atoms with van der Waals surface area (Å²) in [4.78, 5) is 12.0. The van der Waals surface area contributed by atoms with Gasteiger partial charge in [-0.3, -0.25) is 4.79 Å². The van der Waals surface area contributed by atoms with Crippen LogP contribution in [0.25, 0.3) is 0 Å². The van der Waals surface area contributed by atoms with Crippen LogP contribution in [-0.4, -0.2) is 30.3 Å². The Morgan fingerprint density at radius 1 is 1.48 bits per heavy atom. The summed E-state index contributed by atoms with van der Waals surface area (Å²) in [5, 5.41) is 11.6. The zero-order valence-electron chi connectivity index (χ0n) is 12.3. The van der Waals surface area contributed by atoms with Crippen molar-refractivity contribution in [3.05, 3.63) is 29.3 Å². The van der Waals surface area contributed by atoms with Crippen molar-refractivity contribution in [2.24, 2.45) is 0 Å². The lowest BCUT2D eigenvalue weighted by molar-refractivity contribution is -0.116. The van der Waals surface area contributed by atoms with Crippen LogP contribution in [0, 0.1) is 18.8 Å². The largest absolute Gasteiger partial charge is 0.384 e. The van der Waals surface area contributed by atoms with Crippen molar-refractivity contribution in [3.8, 4) is 11.8 Å². The van der Waals surface area contributed by atoms with Gasteiger partial charge in [-0.25, -0.2) is 0 Å². The van der Waals surface area contributed by atoms with Gasteiger partial charge in [0.2, 0.25) is 5.91 Å². The van der Waals surface area contributed by atoms with Crippen LogP contribution in [0.4, 0.5) is 5.69 Å². The van der Waals surface area contributed by atoms with Gasteiger partial charge in [0.25, 0.3) is 0 Å². The molecule has 0 saturated carbocycles. The molecule has 2 N–H and O–H groups in total. The molecular weight excluding hydrogens is 266 g/mol. The third-order valence-corrected chi connectivity index (χ3v) is 3.39. The van der Waals surface area contributed by atoms with Gasteiger partial charge in [-0.1, -0.05) is 11.8 Å². The highest BCUT2D eigenvalue weighted by Gasteiger charge is 2.16. The normalized spacial score (nSPS) is 17.1. The summed E-state index contributed by atoms with van der Waals surface area (Å²) in [7, 11) is 0. The Hall–Kier alpha value is -1.83. The first-order valence-corrected chi connectivity index (χ1v) is 7.30. The third kappa shape index (κ3) is 5.22. The second-order valence-corrected chi connectivity index (χ2v) is 5.27. The molecule has 2 rings (SSSR count). The molecule has 4 nitrogen and oxygen atoms in total. The van der Waals surface area contributed by atoms with Crippen molar-refractivity contribution in [1.82, 2.24) is 0 Å². The molecule has 1 aliphatic heterocycles. The molecule has 0 bridgehead atoms. The summed E-state index contributed by atoms with van der Waals surface area (Å²) >= 11 is 0. The van der Waals surface area contributed by atoms with E-state index in [2.05, 4.69) is 17.2 Å². The topological polar surface area (TPSA) is 58.6 Å². The molecule has 112 valence electrons. The number of carbonyl (C=O) groups excluding carboxylic acids is 1. The molecule has 1 aromatic rings. The smallest absolute Gasteiger partial charge is 0.224 e. The van der Waals surface area contributed by atoms with Crippen LogP contribution < -0.4 is 5.32 Å². The van der Waals surface area contributed by atoms with E-state index in [0.29, 0.717) is 6.42 Å². The highest BCUT2D eigenvalue weighted by Crippen LogP contribution is 2.18. The lowest BCUT2D eigenvalue weighted by Gasteiger charge is -2.10.